The van der Waals surface area contributed by atoms with Gasteiger partial charge in [-0.05, 0) is 38.8 Å². The lowest BCUT2D eigenvalue weighted by Crippen LogP contribution is -2.48. The third-order valence-electron chi connectivity index (χ3n) is 2.23. The minimum Gasteiger partial charge on any atom is -0.370 e. The molecule has 4 heteroatoms. The lowest BCUT2D eigenvalue weighted by Gasteiger charge is -2.30. The van der Waals surface area contributed by atoms with Crippen LogP contribution in [0.1, 0.15) is 47.5 Å². The van der Waals surface area contributed by atoms with E-state index in [-0.39, 0.29) is 0 Å². The summed E-state index contributed by atoms with van der Waals surface area (Å²) in [7, 11) is -2.58. The van der Waals surface area contributed by atoms with Gasteiger partial charge in [-0.3, -0.25) is 0 Å². The molecule has 0 bridgehead atoms. The number of rotatable bonds is 9. The van der Waals surface area contributed by atoms with Crippen LogP contribution in [0.3, 0.4) is 0 Å². The first kappa shape index (κ1) is 15.8. The summed E-state index contributed by atoms with van der Waals surface area (Å²) in [6, 6.07) is 0. The minimum absolute atomic E-state index is 0.632. The van der Waals surface area contributed by atoms with Crippen molar-refractivity contribution in [1.82, 2.24) is 0 Å². The number of allylic oxidation sites excluding steroid dienone is 2. The van der Waals surface area contributed by atoms with E-state index in [1.54, 1.807) is 0 Å². The predicted octanol–water partition coefficient (Wildman–Crippen LogP) is 3.32. The second kappa shape index (κ2) is 8.93. The fourth-order valence-corrected chi connectivity index (χ4v) is 4.54. The summed E-state index contributed by atoms with van der Waals surface area (Å²) in [5, 5.41) is 1.21. The Morgan fingerprint density at radius 2 is 1.31 bits per heavy atom. The molecule has 0 aliphatic rings. The molecule has 0 aliphatic carbocycles. The van der Waals surface area contributed by atoms with Crippen molar-refractivity contribution in [1.29, 1.82) is 0 Å². The van der Waals surface area contributed by atoms with Gasteiger partial charge in [0.1, 0.15) is 0 Å². The molecule has 0 atom stereocenters. The maximum atomic E-state index is 5.84. The van der Waals surface area contributed by atoms with E-state index >= 15 is 0 Å². The van der Waals surface area contributed by atoms with E-state index in [0.717, 1.165) is 12.8 Å². The summed E-state index contributed by atoms with van der Waals surface area (Å²) in [4.78, 5) is 0. The zero-order valence-electron chi connectivity index (χ0n) is 11.3. The predicted molar refractivity (Wildman–Crippen MR) is 69.3 cm³/mol. The molecule has 3 nitrogen and oxygen atoms in total. The molecule has 0 rings (SSSR count). The Bertz CT molecular complexity index is 187. The molecule has 0 saturated carbocycles. The summed E-state index contributed by atoms with van der Waals surface area (Å²) in [5.41, 5.74) is 0. The van der Waals surface area contributed by atoms with E-state index in [1.165, 1.54) is 5.20 Å². The van der Waals surface area contributed by atoms with Gasteiger partial charge in [-0.25, -0.2) is 0 Å². The van der Waals surface area contributed by atoms with Gasteiger partial charge in [0.15, 0.2) is 0 Å². The summed E-state index contributed by atoms with van der Waals surface area (Å²) in [6.07, 6.45) is 4.11. The first-order valence-corrected chi connectivity index (χ1v) is 8.04. The standard InChI is InChI=1S/C12H26O3Si/c1-6-11-12(7-2)16(13-8-3,14-9-4)15-10-5/h11H,6-10H2,1-5H3/b12-11-. The van der Waals surface area contributed by atoms with Crippen molar-refractivity contribution in [3.63, 3.8) is 0 Å². The van der Waals surface area contributed by atoms with Gasteiger partial charge in [0, 0.05) is 19.8 Å². The third kappa shape index (κ3) is 4.37. The Labute approximate surface area is 101 Å². The van der Waals surface area contributed by atoms with Crippen molar-refractivity contribution < 1.29 is 13.3 Å². The monoisotopic (exact) mass is 246 g/mol. The van der Waals surface area contributed by atoms with Crippen molar-refractivity contribution in [3.8, 4) is 0 Å². The molecule has 0 saturated heterocycles. The average Bonchev–Trinajstić information content (AvgIpc) is 2.26. The van der Waals surface area contributed by atoms with Crippen LogP contribution in [0, 0.1) is 0 Å². The van der Waals surface area contributed by atoms with Gasteiger partial charge in [0.2, 0.25) is 0 Å². The van der Waals surface area contributed by atoms with Crippen LogP contribution in [0.15, 0.2) is 11.3 Å². The molecule has 0 N–H and O–H groups in total. The first-order valence-electron chi connectivity index (χ1n) is 6.31. The maximum absolute atomic E-state index is 5.84. The van der Waals surface area contributed by atoms with E-state index in [0.29, 0.717) is 19.8 Å². The molecule has 0 unspecified atom stereocenters. The third-order valence-corrected chi connectivity index (χ3v) is 5.58. The van der Waals surface area contributed by atoms with E-state index in [1.807, 2.05) is 20.8 Å². The van der Waals surface area contributed by atoms with E-state index in [9.17, 15) is 0 Å². The first-order chi connectivity index (χ1) is 7.70. The molecule has 0 aliphatic heterocycles. The molecule has 16 heavy (non-hydrogen) atoms. The molecular weight excluding hydrogens is 220 g/mol. The van der Waals surface area contributed by atoms with Crippen molar-refractivity contribution in [2.75, 3.05) is 19.8 Å². The van der Waals surface area contributed by atoms with Gasteiger partial charge in [-0.15, -0.1) is 0 Å². The Balaban J connectivity index is 5.01. The normalized spacial score (nSPS) is 13.2. The van der Waals surface area contributed by atoms with Gasteiger partial charge in [-0.2, -0.15) is 0 Å². The maximum Gasteiger partial charge on any atom is 0.532 e. The summed E-state index contributed by atoms with van der Waals surface area (Å²) in [5.74, 6) is 0. The Kier molecular flexibility index (Phi) is 8.84. The van der Waals surface area contributed by atoms with Gasteiger partial charge >= 0.3 is 8.80 Å². The van der Waals surface area contributed by atoms with E-state index < -0.39 is 8.80 Å². The molecular formula is C12H26O3Si. The molecule has 0 aromatic heterocycles. The van der Waals surface area contributed by atoms with E-state index in [2.05, 4.69) is 19.9 Å². The van der Waals surface area contributed by atoms with Crippen LogP contribution in [0.5, 0.6) is 0 Å². The molecule has 0 fully saturated rings. The van der Waals surface area contributed by atoms with Crippen LogP contribution in [0.4, 0.5) is 0 Å². The molecule has 0 aromatic carbocycles. The van der Waals surface area contributed by atoms with Crippen LogP contribution in [0.25, 0.3) is 0 Å². The van der Waals surface area contributed by atoms with Crippen LogP contribution in [-0.4, -0.2) is 28.6 Å². The molecule has 0 radical (unpaired) electrons. The highest BCUT2D eigenvalue weighted by Gasteiger charge is 2.43. The van der Waals surface area contributed by atoms with Crippen molar-refractivity contribution >= 4 is 8.80 Å². The van der Waals surface area contributed by atoms with Crippen molar-refractivity contribution in [2.24, 2.45) is 0 Å². The van der Waals surface area contributed by atoms with Crippen LogP contribution < -0.4 is 0 Å². The SMILES string of the molecule is CC/C=C(/CC)[Si](OCC)(OCC)OCC. The Morgan fingerprint density at radius 3 is 1.56 bits per heavy atom. The van der Waals surface area contributed by atoms with Crippen LogP contribution in [0.2, 0.25) is 0 Å². The quantitative estimate of drug-likeness (QED) is 0.584. The van der Waals surface area contributed by atoms with Gasteiger partial charge < -0.3 is 13.3 Å². The second-order valence-corrected chi connectivity index (χ2v) is 5.97. The van der Waals surface area contributed by atoms with Crippen LogP contribution >= 0.6 is 0 Å². The Hall–Kier alpha value is -0.163. The fraction of sp³-hybridized carbons (Fsp3) is 0.833. The zero-order valence-corrected chi connectivity index (χ0v) is 12.3. The van der Waals surface area contributed by atoms with Gasteiger partial charge in [0.05, 0.1) is 0 Å². The lowest BCUT2D eigenvalue weighted by molar-refractivity contribution is 0.0799. The van der Waals surface area contributed by atoms with Crippen molar-refractivity contribution in [2.45, 2.75) is 47.5 Å². The highest BCUT2D eigenvalue weighted by atomic mass is 28.4. The van der Waals surface area contributed by atoms with Gasteiger partial charge in [0.25, 0.3) is 0 Å². The number of hydrogen-bond acceptors (Lipinski definition) is 3. The highest BCUT2D eigenvalue weighted by molar-refractivity contribution is 6.68. The number of hydrogen-bond donors (Lipinski definition) is 0. The lowest BCUT2D eigenvalue weighted by atomic mass is 10.3. The Morgan fingerprint density at radius 1 is 0.875 bits per heavy atom. The summed E-state index contributed by atoms with van der Waals surface area (Å²) < 4.78 is 17.5. The van der Waals surface area contributed by atoms with Crippen LogP contribution in [-0.2, 0) is 13.3 Å². The molecule has 0 aromatic rings. The van der Waals surface area contributed by atoms with E-state index in [4.69, 9.17) is 13.3 Å². The summed E-state index contributed by atoms with van der Waals surface area (Å²) in [6.45, 7) is 12.1. The topological polar surface area (TPSA) is 27.7 Å². The average molecular weight is 246 g/mol. The molecule has 0 spiro atoms. The second-order valence-electron chi connectivity index (χ2n) is 3.35. The zero-order chi connectivity index (χ0) is 12.4. The summed E-state index contributed by atoms with van der Waals surface area (Å²) >= 11 is 0. The molecule has 0 amide bonds. The molecule has 96 valence electrons. The fourth-order valence-electron chi connectivity index (χ4n) is 1.71. The largest absolute Gasteiger partial charge is 0.532 e. The highest BCUT2D eigenvalue weighted by Crippen LogP contribution is 2.23. The smallest absolute Gasteiger partial charge is 0.370 e. The molecule has 0 heterocycles. The minimum atomic E-state index is -2.58. The van der Waals surface area contributed by atoms with Crippen molar-refractivity contribution in [3.05, 3.63) is 11.3 Å². The van der Waals surface area contributed by atoms with Gasteiger partial charge in [-0.1, -0.05) is 19.9 Å².